The van der Waals surface area contributed by atoms with Gasteiger partial charge < -0.3 is 9.88 Å². The molecule has 1 amide bonds. The Labute approximate surface area is 128 Å². The summed E-state index contributed by atoms with van der Waals surface area (Å²) in [5.41, 5.74) is 0. The third-order valence-electron chi connectivity index (χ3n) is 3.25. The lowest BCUT2D eigenvalue weighted by molar-refractivity contribution is -0.119. The molecule has 0 bridgehead atoms. The van der Waals surface area contributed by atoms with Crippen molar-refractivity contribution in [2.75, 3.05) is 17.3 Å². The zero-order valence-electron chi connectivity index (χ0n) is 12.4. The fourth-order valence-corrected chi connectivity index (χ4v) is 4.77. The maximum atomic E-state index is 11.6. The molecule has 1 aliphatic heterocycles. The summed E-state index contributed by atoms with van der Waals surface area (Å²) in [5, 5.41) is 11.6. The van der Waals surface area contributed by atoms with Crippen LogP contribution in [-0.4, -0.2) is 52.4 Å². The molecule has 21 heavy (non-hydrogen) atoms. The van der Waals surface area contributed by atoms with E-state index < -0.39 is 9.84 Å². The van der Waals surface area contributed by atoms with E-state index in [-0.39, 0.29) is 35.1 Å². The van der Waals surface area contributed by atoms with Crippen molar-refractivity contribution in [3.05, 3.63) is 5.82 Å². The zero-order valence-corrected chi connectivity index (χ0v) is 14.0. The average Bonchev–Trinajstić information content (AvgIpc) is 2.89. The van der Waals surface area contributed by atoms with Gasteiger partial charge >= 0.3 is 0 Å². The minimum Gasteiger partial charge on any atom is -0.353 e. The van der Waals surface area contributed by atoms with Crippen LogP contribution in [0.4, 0.5) is 0 Å². The molecule has 0 saturated carbocycles. The van der Waals surface area contributed by atoms with E-state index in [2.05, 4.69) is 15.5 Å². The molecule has 1 aromatic heterocycles. The number of nitrogens with one attached hydrogen (secondary N) is 1. The Morgan fingerprint density at radius 1 is 1.48 bits per heavy atom. The predicted molar refractivity (Wildman–Crippen MR) is 81.0 cm³/mol. The van der Waals surface area contributed by atoms with Gasteiger partial charge in [-0.25, -0.2) is 8.42 Å². The van der Waals surface area contributed by atoms with Gasteiger partial charge in [-0.15, -0.1) is 10.2 Å². The van der Waals surface area contributed by atoms with Crippen molar-refractivity contribution in [3.63, 3.8) is 0 Å². The number of rotatable bonds is 5. The van der Waals surface area contributed by atoms with Crippen molar-refractivity contribution in [3.8, 4) is 0 Å². The number of carbonyl (C=O) groups is 1. The first kappa shape index (κ1) is 16.3. The van der Waals surface area contributed by atoms with Gasteiger partial charge in [0.05, 0.1) is 17.3 Å². The Bertz CT molecular complexity index is 624. The molecule has 1 fully saturated rings. The summed E-state index contributed by atoms with van der Waals surface area (Å²) in [4.78, 5) is 11.6. The normalized spacial score (nSPS) is 20.9. The minimum atomic E-state index is -2.94. The van der Waals surface area contributed by atoms with E-state index in [9.17, 15) is 13.2 Å². The highest BCUT2D eigenvalue weighted by Gasteiger charge is 2.32. The number of nitrogens with zero attached hydrogens (tertiary/aromatic N) is 3. The highest BCUT2D eigenvalue weighted by atomic mass is 32.2. The molecule has 1 aliphatic rings. The molecule has 0 radical (unpaired) electrons. The van der Waals surface area contributed by atoms with Crippen LogP contribution in [0.3, 0.4) is 0 Å². The molecular formula is C12H20N4O3S2. The van der Waals surface area contributed by atoms with Gasteiger partial charge in [0, 0.05) is 19.0 Å². The standard InChI is InChI=1S/C12H20N4O3S2/c1-8(2)13-10(17)6-20-12-15-14-11(16(12)3)9-4-5-21(18,19)7-9/h8-9H,4-7H2,1-3H3,(H,13,17)/t9-/m1/s1. The van der Waals surface area contributed by atoms with Crippen LogP contribution in [0.15, 0.2) is 5.16 Å². The van der Waals surface area contributed by atoms with Crippen LogP contribution in [0.25, 0.3) is 0 Å². The summed E-state index contributed by atoms with van der Waals surface area (Å²) in [6.45, 7) is 3.81. The van der Waals surface area contributed by atoms with Gasteiger partial charge in [0.2, 0.25) is 5.91 Å². The lowest BCUT2D eigenvalue weighted by Crippen LogP contribution is -2.31. The molecule has 0 aromatic carbocycles. The van der Waals surface area contributed by atoms with Gasteiger partial charge in [-0.1, -0.05) is 11.8 Å². The third kappa shape index (κ3) is 4.19. The summed E-state index contributed by atoms with van der Waals surface area (Å²) < 4.78 is 24.9. The Balaban J connectivity index is 1.99. The molecule has 7 nitrogen and oxygen atoms in total. The van der Waals surface area contributed by atoms with Crippen LogP contribution in [-0.2, 0) is 21.7 Å². The van der Waals surface area contributed by atoms with E-state index in [1.807, 2.05) is 20.9 Å². The fraction of sp³-hybridized carbons (Fsp3) is 0.750. The molecule has 1 N–H and O–H groups in total. The van der Waals surface area contributed by atoms with Gasteiger partial charge in [-0.2, -0.15) is 0 Å². The molecule has 1 aromatic rings. The van der Waals surface area contributed by atoms with Crippen LogP contribution in [0, 0.1) is 0 Å². The maximum absolute atomic E-state index is 11.6. The Morgan fingerprint density at radius 2 is 2.19 bits per heavy atom. The molecule has 9 heteroatoms. The summed E-state index contributed by atoms with van der Waals surface area (Å²) >= 11 is 1.30. The topological polar surface area (TPSA) is 94.0 Å². The van der Waals surface area contributed by atoms with E-state index in [0.29, 0.717) is 17.4 Å². The molecular weight excluding hydrogens is 312 g/mol. The second kappa shape index (κ2) is 6.35. The number of hydrogen-bond acceptors (Lipinski definition) is 6. The molecule has 118 valence electrons. The van der Waals surface area contributed by atoms with E-state index in [1.165, 1.54) is 11.8 Å². The largest absolute Gasteiger partial charge is 0.353 e. The summed E-state index contributed by atoms with van der Waals surface area (Å²) in [6.07, 6.45) is 0.590. The van der Waals surface area contributed by atoms with Crippen LogP contribution >= 0.6 is 11.8 Å². The highest BCUT2D eigenvalue weighted by Crippen LogP contribution is 2.29. The molecule has 1 saturated heterocycles. The van der Waals surface area contributed by atoms with Crippen LogP contribution in [0.5, 0.6) is 0 Å². The highest BCUT2D eigenvalue weighted by molar-refractivity contribution is 7.99. The molecule has 0 spiro atoms. The van der Waals surface area contributed by atoms with E-state index in [1.54, 1.807) is 4.57 Å². The average molecular weight is 332 g/mol. The lowest BCUT2D eigenvalue weighted by atomic mass is 10.1. The van der Waals surface area contributed by atoms with Crippen molar-refractivity contribution < 1.29 is 13.2 Å². The van der Waals surface area contributed by atoms with Crippen molar-refractivity contribution in [1.82, 2.24) is 20.1 Å². The van der Waals surface area contributed by atoms with Crippen molar-refractivity contribution >= 4 is 27.5 Å². The van der Waals surface area contributed by atoms with Gasteiger partial charge in [0.1, 0.15) is 5.82 Å². The number of thioether (sulfide) groups is 1. The fourth-order valence-electron chi connectivity index (χ4n) is 2.30. The van der Waals surface area contributed by atoms with Crippen molar-refractivity contribution in [2.24, 2.45) is 7.05 Å². The number of aromatic nitrogens is 3. The van der Waals surface area contributed by atoms with Gasteiger partial charge in [0.25, 0.3) is 0 Å². The number of sulfone groups is 1. The monoisotopic (exact) mass is 332 g/mol. The number of amides is 1. The zero-order chi connectivity index (χ0) is 15.6. The smallest absolute Gasteiger partial charge is 0.230 e. The Kier molecular flexibility index (Phi) is 4.92. The second-order valence-electron chi connectivity index (χ2n) is 5.51. The summed E-state index contributed by atoms with van der Waals surface area (Å²) in [7, 11) is -1.13. The lowest BCUT2D eigenvalue weighted by Gasteiger charge is -2.09. The van der Waals surface area contributed by atoms with Crippen LogP contribution < -0.4 is 5.32 Å². The van der Waals surface area contributed by atoms with Crippen molar-refractivity contribution in [1.29, 1.82) is 0 Å². The van der Waals surface area contributed by atoms with Gasteiger partial charge in [0.15, 0.2) is 15.0 Å². The first-order valence-electron chi connectivity index (χ1n) is 6.80. The molecule has 1 atom stereocenters. The summed E-state index contributed by atoms with van der Waals surface area (Å²) in [6, 6.07) is 0.108. The molecule has 2 rings (SSSR count). The molecule has 0 aliphatic carbocycles. The SMILES string of the molecule is CC(C)NC(=O)CSc1nnc([C@@H]2CCS(=O)(=O)C2)n1C. The predicted octanol–water partition coefficient (Wildman–Crippen LogP) is 0.334. The van der Waals surface area contributed by atoms with Crippen molar-refractivity contribution in [2.45, 2.75) is 37.4 Å². The second-order valence-corrected chi connectivity index (χ2v) is 8.68. The minimum absolute atomic E-state index is 0.0528. The van der Waals surface area contributed by atoms with Gasteiger partial charge in [-0.05, 0) is 20.3 Å². The quantitative estimate of drug-likeness (QED) is 0.781. The van der Waals surface area contributed by atoms with E-state index in [4.69, 9.17) is 0 Å². The Morgan fingerprint density at radius 3 is 2.76 bits per heavy atom. The van der Waals surface area contributed by atoms with Crippen LogP contribution in [0.1, 0.15) is 32.0 Å². The van der Waals surface area contributed by atoms with E-state index in [0.717, 1.165) is 0 Å². The van der Waals surface area contributed by atoms with E-state index >= 15 is 0 Å². The number of carbonyl (C=O) groups excluding carboxylic acids is 1. The van der Waals surface area contributed by atoms with Crippen LogP contribution in [0.2, 0.25) is 0 Å². The third-order valence-corrected chi connectivity index (χ3v) is 6.04. The molecule has 2 heterocycles. The Hall–Kier alpha value is -1.09. The molecule has 0 unspecified atom stereocenters. The van der Waals surface area contributed by atoms with Gasteiger partial charge in [-0.3, -0.25) is 4.79 Å². The first-order chi connectivity index (χ1) is 9.78. The maximum Gasteiger partial charge on any atom is 0.230 e. The first-order valence-corrected chi connectivity index (χ1v) is 9.61. The summed E-state index contributed by atoms with van der Waals surface area (Å²) in [5.74, 6) is 1.16. The number of hydrogen-bond donors (Lipinski definition) is 1.